The first-order valence-corrected chi connectivity index (χ1v) is 21.3. The van der Waals surface area contributed by atoms with Gasteiger partial charge >= 0.3 is 17.9 Å². The lowest BCUT2D eigenvalue weighted by Gasteiger charge is -2.31. The van der Waals surface area contributed by atoms with E-state index >= 15 is 0 Å². The number of allylic oxidation sites excluding steroid dienone is 10. The van der Waals surface area contributed by atoms with Crippen LogP contribution in [-0.2, 0) is 28.6 Å². The van der Waals surface area contributed by atoms with Gasteiger partial charge < -0.3 is 23.8 Å². The molecule has 0 aliphatic rings. The van der Waals surface area contributed by atoms with Gasteiger partial charge in [0, 0.05) is 19.3 Å². The molecule has 0 aliphatic carbocycles. The van der Waals surface area contributed by atoms with Crippen LogP contribution in [0, 0.1) is 0 Å². The number of likely N-dealkylation sites (N-methyl/N-ethyl adjacent to an activating group) is 1. The van der Waals surface area contributed by atoms with Crippen LogP contribution in [0.4, 0.5) is 0 Å². The first-order chi connectivity index (χ1) is 26.1. The van der Waals surface area contributed by atoms with Crippen molar-refractivity contribution in [2.45, 2.75) is 174 Å². The summed E-state index contributed by atoms with van der Waals surface area (Å²) in [4.78, 5) is 36.9. The second-order valence-corrected chi connectivity index (χ2v) is 15.2. The van der Waals surface area contributed by atoms with Gasteiger partial charge in [0.05, 0.1) is 34.4 Å². The van der Waals surface area contributed by atoms with Crippen LogP contribution in [-0.4, -0.2) is 80.6 Å². The maximum atomic E-state index is 12.7. The molecule has 1 N–H and O–H groups in total. The molecule has 0 saturated carbocycles. The van der Waals surface area contributed by atoms with Gasteiger partial charge in [0.1, 0.15) is 6.61 Å². The molecule has 0 aliphatic heterocycles. The highest BCUT2D eigenvalue weighted by Crippen LogP contribution is 2.13. The van der Waals surface area contributed by atoms with Crippen LogP contribution < -0.4 is 0 Å². The molecule has 310 valence electrons. The molecule has 0 amide bonds. The lowest BCUT2D eigenvalue weighted by atomic mass is 10.1. The smallest absolute Gasteiger partial charge is 0.362 e. The largest absolute Gasteiger partial charge is 0.477 e. The summed E-state index contributed by atoms with van der Waals surface area (Å²) in [5.41, 5.74) is 0. The second-order valence-electron chi connectivity index (χ2n) is 15.2. The Labute approximate surface area is 330 Å². The SMILES string of the molecule is CC/C=C\C/C=C\C/C=C\C/C=C\C/C=C\CCCCCC(=O)OC(COCCC(C(=O)O)[N+](C)(C)C)COC(=O)CCCCCCCCCCCCC. The summed E-state index contributed by atoms with van der Waals surface area (Å²) in [5, 5.41) is 9.60. The first kappa shape index (κ1) is 51.0. The van der Waals surface area contributed by atoms with Gasteiger partial charge in [0.25, 0.3) is 0 Å². The highest BCUT2D eigenvalue weighted by molar-refractivity contribution is 5.72. The molecule has 8 heteroatoms. The van der Waals surface area contributed by atoms with Gasteiger partial charge in [-0.05, 0) is 57.8 Å². The van der Waals surface area contributed by atoms with E-state index in [0.717, 1.165) is 77.0 Å². The quantitative estimate of drug-likeness (QED) is 0.0291. The zero-order valence-corrected chi connectivity index (χ0v) is 35.2. The third-order valence-electron chi connectivity index (χ3n) is 9.18. The molecule has 0 saturated heterocycles. The predicted octanol–water partition coefficient (Wildman–Crippen LogP) is 11.4. The van der Waals surface area contributed by atoms with Crippen molar-refractivity contribution in [3.8, 4) is 0 Å². The van der Waals surface area contributed by atoms with E-state index < -0.39 is 18.1 Å². The summed E-state index contributed by atoms with van der Waals surface area (Å²) in [6.07, 6.45) is 44.0. The molecule has 2 unspecified atom stereocenters. The highest BCUT2D eigenvalue weighted by atomic mass is 16.6. The average molecular weight is 759 g/mol. The van der Waals surface area contributed by atoms with Gasteiger partial charge in [0.2, 0.25) is 0 Å². The number of carbonyl (C=O) groups is 3. The molecule has 2 atom stereocenters. The number of carboxylic acids is 1. The van der Waals surface area contributed by atoms with Gasteiger partial charge in [-0.1, -0.05) is 145 Å². The van der Waals surface area contributed by atoms with Crippen molar-refractivity contribution in [1.29, 1.82) is 0 Å². The Morgan fingerprint density at radius 2 is 1.04 bits per heavy atom. The fraction of sp³-hybridized carbons (Fsp3) is 0.717. The number of carboxylic acid groups (broad SMARTS) is 1. The number of hydrogen-bond donors (Lipinski definition) is 1. The molecule has 0 bridgehead atoms. The Hall–Kier alpha value is -2.97. The molecular formula is C46H80NO7+. The normalized spacial score (nSPS) is 13.6. The van der Waals surface area contributed by atoms with E-state index in [4.69, 9.17) is 14.2 Å². The Bertz CT molecular complexity index is 1070. The Morgan fingerprint density at radius 3 is 1.54 bits per heavy atom. The van der Waals surface area contributed by atoms with Crippen LogP contribution in [0.15, 0.2) is 60.8 Å². The summed E-state index contributed by atoms with van der Waals surface area (Å²) in [5.74, 6) is -1.51. The Kier molecular flexibility index (Phi) is 34.9. The van der Waals surface area contributed by atoms with Gasteiger partial charge in [-0.3, -0.25) is 9.59 Å². The van der Waals surface area contributed by atoms with Crippen LogP contribution in [0.2, 0.25) is 0 Å². The summed E-state index contributed by atoms with van der Waals surface area (Å²) in [6, 6.07) is -0.621. The summed E-state index contributed by atoms with van der Waals surface area (Å²) in [7, 11) is 5.51. The molecule has 8 nitrogen and oxygen atoms in total. The average Bonchev–Trinajstić information content (AvgIpc) is 3.12. The summed E-state index contributed by atoms with van der Waals surface area (Å²) in [6.45, 7) is 4.57. The number of aliphatic carboxylic acids is 1. The van der Waals surface area contributed by atoms with Crippen molar-refractivity contribution in [3.63, 3.8) is 0 Å². The molecular weight excluding hydrogens is 679 g/mol. The van der Waals surface area contributed by atoms with Crippen molar-refractivity contribution < 1.29 is 38.2 Å². The molecule has 0 spiro atoms. The van der Waals surface area contributed by atoms with Crippen molar-refractivity contribution in [1.82, 2.24) is 0 Å². The number of quaternary nitrogens is 1. The number of hydrogen-bond acceptors (Lipinski definition) is 6. The third-order valence-corrected chi connectivity index (χ3v) is 9.18. The number of carbonyl (C=O) groups excluding carboxylic acids is 2. The van der Waals surface area contributed by atoms with Gasteiger partial charge in [-0.2, -0.15) is 0 Å². The molecule has 0 heterocycles. The van der Waals surface area contributed by atoms with E-state index in [1.165, 1.54) is 51.4 Å². The molecule has 0 aromatic carbocycles. The van der Waals surface area contributed by atoms with Crippen molar-refractivity contribution in [3.05, 3.63) is 60.8 Å². The second kappa shape index (κ2) is 37.0. The van der Waals surface area contributed by atoms with Crippen molar-refractivity contribution >= 4 is 17.9 Å². The number of esters is 2. The maximum absolute atomic E-state index is 12.7. The van der Waals surface area contributed by atoms with E-state index in [1.54, 1.807) is 0 Å². The third kappa shape index (κ3) is 34.8. The van der Waals surface area contributed by atoms with Crippen molar-refractivity contribution in [2.24, 2.45) is 0 Å². The standard InChI is InChI=1S/C46H79NO7/c1-6-8-10-12-14-16-18-19-20-21-22-23-24-25-27-29-31-33-35-37-45(49)54-42(40-52-39-38-43(46(50)51)47(3,4)5)41-53-44(48)36-34-32-30-28-26-17-15-13-11-9-7-2/h8,10,14,16,19-20,22-23,25,27,42-43H,6-7,9,11-13,15,17-18,21,24,26,28-41H2,1-5H3/p+1/b10-8-,16-14-,20-19-,23-22-,27-25-. The van der Waals surface area contributed by atoms with E-state index in [0.29, 0.717) is 12.8 Å². The summed E-state index contributed by atoms with van der Waals surface area (Å²) < 4.78 is 17.2. The number of ether oxygens (including phenoxy) is 3. The minimum Gasteiger partial charge on any atom is -0.477 e. The minimum absolute atomic E-state index is 0.0466. The van der Waals surface area contributed by atoms with E-state index in [1.807, 2.05) is 21.1 Å². The molecule has 0 rings (SSSR count). The van der Waals surface area contributed by atoms with Crippen LogP contribution in [0.25, 0.3) is 0 Å². The highest BCUT2D eigenvalue weighted by Gasteiger charge is 2.31. The number of nitrogens with zero attached hydrogens (tertiary/aromatic N) is 1. The molecule has 0 aromatic heterocycles. The topological polar surface area (TPSA) is 99.1 Å². The van der Waals surface area contributed by atoms with E-state index in [-0.39, 0.29) is 42.7 Å². The van der Waals surface area contributed by atoms with Gasteiger partial charge in [-0.15, -0.1) is 0 Å². The zero-order valence-electron chi connectivity index (χ0n) is 35.2. The van der Waals surface area contributed by atoms with Gasteiger partial charge in [-0.25, -0.2) is 4.79 Å². The first-order valence-electron chi connectivity index (χ1n) is 21.3. The Morgan fingerprint density at radius 1 is 0.574 bits per heavy atom. The molecule has 0 radical (unpaired) electrons. The maximum Gasteiger partial charge on any atom is 0.362 e. The van der Waals surface area contributed by atoms with E-state index in [2.05, 4.69) is 74.6 Å². The molecule has 0 aromatic rings. The number of unbranched alkanes of at least 4 members (excludes halogenated alkanes) is 13. The Balaban J connectivity index is 4.43. The van der Waals surface area contributed by atoms with Crippen LogP contribution in [0.3, 0.4) is 0 Å². The van der Waals surface area contributed by atoms with Crippen LogP contribution >= 0.6 is 0 Å². The zero-order chi connectivity index (χ0) is 40.0. The minimum atomic E-state index is -0.883. The fourth-order valence-electron chi connectivity index (χ4n) is 5.88. The van der Waals surface area contributed by atoms with Crippen LogP contribution in [0.5, 0.6) is 0 Å². The molecule has 54 heavy (non-hydrogen) atoms. The fourth-order valence-corrected chi connectivity index (χ4v) is 5.88. The van der Waals surface area contributed by atoms with Crippen LogP contribution in [0.1, 0.15) is 162 Å². The van der Waals surface area contributed by atoms with Gasteiger partial charge in [0.15, 0.2) is 12.1 Å². The lowest BCUT2D eigenvalue weighted by Crippen LogP contribution is -2.50. The summed E-state index contributed by atoms with van der Waals surface area (Å²) >= 11 is 0. The monoisotopic (exact) mass is 759 g/mol. The number of rotatable bonds is 37. The lowest BCUT2D eigenvalue weighted by molar-refractivity contribution is -0.887. The van der Waals surface area contributed by atoms with E-state index in [9.17, 15) is 19.5 Å². The predicted molar refractivity (Wildman–Crippen MR) is 224 cm³/mol. The molecule has 0 fully saturated rings. The van der Waals surface area contributed by atoms with Crippen molar-refractivity contribution in [2.75, 3.05) is 41.0 Å².